The molecule has 1 aliphatic rings. The van der Waals surface area contributed by atoms with Gasteiger partial charge in [-0.3, -0.25) is 0 Å². The van der Waals surface area contributed by atoms with Gasteiger partial charge in [-0.05, 0) is 34.1 Å². The first-order valence-electron chi connectivity index (χ1n) is 6.12. The predicted octanol–water partition coefficient (Wildman–Crippen LogP) is 2.70. The lowest BCUT2D eigenvalue weighted by atomic mass is 10.1. The number of hydrogen-bond donors (Lipinski definition) is 1. The van der Waals surface area contributed by atoms with Crippen LogP contribution in [0.4, 0.5) is 0 Å². The topological polar surface area (TPSA) is 68.4 Å². The van der Waals surface area contributed by atoms with Gasteiger partial charge in [0.2, 0.25) is 11.7 Å². The molecule has 3 rings (SSSR count). The van der Waals surface area contributed by atoms with Gasteiger partial charge in [-0.25, -0.2) is 0 Å². The van der Waals surface area contributed by atoms with Crippen molar-refractivity contribution in [1.82, 2.24) is 10.1 Å². The number of halogens is 1. The lowest BCUT2D eigenvalue weighted by molar-refractivity contribution is 0.164. The lowest BCUT2D eigenvalue weighted by Gasteiger charge is -2.06. The quantitative estimate of drug-likeness (QED) is 0.911. The Balaban J connectivity index is 1.88. The normalized spacial score (nSPS) is 22.1. The van der Waals surface area contributed by atoms with Gasteiger partial charge in [0, 0.05) is 17.1 Å². The van der Waals surface area contributed by atoms with Crippen LogP contribution in [-0.2, 0) is 0 Å². The van der Waals surface area contributed by atoms with Crippen LogP contribution in [0.2, 0.25) is 0 Å². The first-order valence-corrected chi connectivity index (χ1v) is 8.07. The molecule has 106 valence electrons. The second kappa shape index (κ2) is 5.75. The first-order chi connectivity index (χ1) is 9.69. The van der Waals surface area contributed by atoms with Crippen molar-refractivity contribution in [2.75, 3.05) is 18.6 Å². The SMILES string of the molecule is COc1ccc(-c2noc(C3CSCC3O)n2)cc1Br. The fourth-order valence-corrected chi connectivity index (χ4v) is 3.86. The molecule has 5 nitrogen and oxygen atoms in total. The monoisotopic (exact) mass is 356 g/mol. The third-order valence-corrected chi connectivity index (χ3v) is 5.01. The van der Waals surface area contributed by atoms with E-state index in [1.54, 1.807) is 18.9 Å². The summed E-state index contributed by atoms with van der Waals surface area (Å²) in [5.41, 5.74) is 0.841. The molecular formula is C13H13BrN2O3S. The molecule has 0 amide bonds. The van der Waals surface area contributed by atoms with Gasteiger partial charge in [0.25, 0.3) is 0 Å². The molecule has 1 N–H and O–H groups in total. The van der Waals surface area contributed by atoms with Crippen LogP contribution in [0.5, 0.6) is 5.75 Å². The summed E-state index contributed by atoms with van der Waals surface area (Å²) in [6.07, 6.45) is -0.407. The van der Waals surface area contributed by atoms with E-state index in [2.05, 4.69) is 26.1 Å². The Bertz CT molecular complexity index is 619. The molecule has 1 aromatic heterocycles. The second-order valence-corrected chi connectivity index (χ2v) is 6.45. The van der Waals surface area contributed by atoms with Crippen LogP contribution >= 0.6 is 27.7 Å². The van der Waals surface area contributed by atoms with Crippen LogP contribution < -0.4 is 4.74 Å². The van der Waals surface area contributed by atoms with Crippen molar-refractivity contribution in [3.8, 4) is 17.1 Å². The van der Waals surface area contributed by atoms with Crippen LogP contribution in [-0.4, -0.2) is 40.0 Å². The van der Waals surface area contributed by atoms with E-state index in [9.17, 15) is 5.11 Å². The Morgan fingerprint density at radius 3 is 2.95 bits per heavy atom. The summed E-state index contributed by atoms with van der Waals surface area (Å²) in [6.45, 7) is 0. The maximum absolute atomic E-state index is 9.86. The average molecular weight is 357 g/mol. The van der Waals surface area contributed by atoms with E-state index in [-0.39, 0.29) is 5.92 Å². The van der Waals surface area contributed by atoms with Gasteiger partial charge in [0.05, 0.1) is 23.6 Å². The van der Waals surface area contributed by atoms with E-state index in [1.165, 1.54) is 0 Å². The molecule has 0 spiro atoms. The third-order valence-electron chi connectivity index (χ3n) is 3.22. The minimum Gasteiger partial charge on any atom is -0.496 e. The number of aliphatic hydroxyl groups excluding tert-OH is 1. The van der Waals surface area contributed by atoms with Crippen LogP contribution in [0.3, 0.4) is 0 Å². The standard InChI is InChI=1S/C13H13BrN2O3S/c1-18-11-3-2-7(4-9(11)14)12-15-13(19-16-12)8-5-20-6-10(8)17/h2-4,8,10,17H,5-6H2,1H3. The molecule has 0 bridgehead atoms. The minimum absolute atomic E-state index is 0.0667. The largest absolute Gasteiger partial charge is 0.496 e. The molecular weight excluding hydrogens is 344 g/mol. The van der Waals surface area contributed by atoms with E-state index >= 15 is 0 Å². The van der Waals surface area contributed by atoms with Crippen LogP contribution in [0, 0.1) is 0 Å². The Labute approximate surface area is 128 Å². The highest BCUT2D eigenvalue weighted by Gasteiger charge is 2.32. The Hall–Kier alpha value is -1.05. The molecule has 1 aliphatic heterocycles. The van der Waals surface area contributed by atoms with Crippen molar-refractivity contribution in [2.45, 2.75) is 12.0 Å². The van der Waals surface area contributed by atoms with Crippen LogP contribution in [0.25, 0.3) is 11.4 Å². The number of aromatic nitrogens is 2. The molecule has 2 heterocycles. The number of thioether (sulfide) groups is 1. The van der Waals surface area contributed by atoms with Gasteiger partial charge in [0.1, 0.15) is 5.75 Å². The number of ether oxygens (including phenoxy) is 1. The summed E-state index contributed by atoms with van der Waals surface area (Å²) in [5, 5.41) is 13.9. The molecule has 2 unspecified atom stereocenters. The molecule has 0 aliphatic carbocycles. The van der Waals surface area contributed by atoms with E-state index in [4.69, 9.17) is 9.26 Å². The highest BCUT2D eigenvalue weighted by atomic mass is 79.9. The van der Waals surface area contributed by atoms with Gasteiger partial charge in [0.15, 0.2) is 0 Å². The molecule has 20 heavy (non-hydrogen) atoms. The highest BCUT2D eigenvalue weighted by molar-refractivity contribution is 9.10. The smallest absolute Gasteiger partial charge is 0.233 e. The molecule has 2 aromatic rings. The summed E-state index contributed by atoms with van der Waals surface area (Å²) in [5.74, 6) is 3.24. The summed E-state index contributed by atoms with van der Waals surface area (Å²) < 4.78 is 11.3. The first kappa shape index (κ1) is 13.9. The van der Waals surface area contributed by atoms with Crippen LogP contribution in [0.1, 0.15) is 11.8 Å². The van der Waals surface area contributed by atoms with E-state index in [0.717, 1.165) is 27.3 Å². The van der Waals surface area contributed by atoms with E-state index in [0.29, 0.717) is 11.7 Å². The third kappa shape index (κ3) is 2.57. The molecule has 0 radical (unpaired) electrons. The van der Waals surface area contributed by atoms with Gasteiger partial charge in [-0.2, -0.15) is 16.7 Å². The van der Waals surface area contributed by atoms with Gasteiger partial charge >= 0.3 is 0 Å². The lowest BCUT2D eigenvalue weighted by Crippen LogP contribution is -2.15. The molecule has 1 fully saturated rings. The molecule has 1 aromatic carbocycles. The summed E-state index contributed by atoms with van der Waals surface area (Å²) >= 11 is 5.13. The van der Waals surface area contributed by atoms with E-state index in [1.807, 2.05) is 18.2 Å². The number of hydrogen-bond acceptors (Lipinski definition) is 6. The fraction of sp³-hybridized carbons (Fsp3) is 0.385. The molecule has 0 saturated carbocycles. The zero-order valence-electron chi connectivity index (χ0n) is 10.7. The van der Waals surface area contributed by atoms with Crippen molar-refractivity contribution in [2.24, 2.45) is 0 Å². The maximum Gasteiger partial charge on any atom is 0.233 e. The van der Waals surface area contributed by atoms with Crippen molar-refractivity contribution in [3.63, 3.8) is 0 Å². The fourth-order valence-electron chi connectivity index (χ4n) is 2.09. The zero-order valence-corrected chi connectivity index (χ0v) is 13.1. The van der Waals surface area contributed by atoms with Crippen molar-refractivity contribution >= 4 is 27.7 Å². The van der Waals surface area contributed by atoms with Crippen molar-refractivity contribution < 1.29 is 14.4 Å². The number of benzene rings is 1. The van der Waals surface area contributed by atoms with Crippen LogP contribution in [0.15, 0.2) is 27.2 Å². The maximum atomic E-state index is 9.86. The Morgan fingerprint density at radius 1 is 1.45 bits per heavy atom. The van der Waals surface area contributed by atoms with Crippen molar-refractivity contribution in [1.29, 1.82) is 0 Å². The highest BCUT2D eigenvalue weighted by Crippen LogP contribution is 2.34. The van der Waals surface area contributed by atoms with Crippen molar-refractivity contribution in [3.05, 3.63) is 28.6 Å². The number of aliphatic hydroxyl groups is 1. The second-order valence-electron chi connectivity index (χ2n) is 4.52. The van der Waals surface area contributed by atoms with Gasteiger partial charge in [-0.1, -0.05) is 5.16 Å². The predicted molar refractivity (Wildman–Crippen MR) is 80.1 cm³/mol. The number of methoxy groups -OCH3 is 1. The summed E-state index contributed by atoms with van der Waals surface area (Å²) in [4.78, 5) is 4.40. The summed E-state index contributed by atoms with van der Waals surface area (Å²) in [7, 11) is 1.62. The van der Waals surface area contributed by atoms with Gasteiger partial charge in [-0.15, -0.1) is 0 Å². The molecule has 2 atom stereocenters. The average Bonchev–Trinajstić information content (AvgIpc) is 3.07. The minimum atomic E-state index is -0.407. The number of nitrogens with zero attached hydrogens (tertiary/aromatic N) is 2. The Morgan fingerprint density at radius 2 is 2.30 bits per heavy atom. The Kier molecular flexibility index (Phi) is 4.00. The molecule has 1 saturated heterocycles. The number of rotatable bonds is 3. The summed E-state index contributed by atoms with van der Waals surface area (Å²) in [6, 6.07) is 5.60. The molecule has 7 heteroatoms. The van der Waals surface area contributed by atoms with Gasteiger partial charge < -0.3 is 14.4 Å². The van der Waals surface area contributed by atoms with E-state index < -0.39 is 6.10 Å². The zero-order chi connectivity index (χ0) is 14.1.